The molecule has 0 amide bonds. The van der Waals surface area contributed by atoms with Crippen molar-refractivity contribution in [3.05, 3.63) is 37.1 Å². The maximum atomic E-state index is 4.42. The van der Waals surface area contributed by atoms with Crippen LogP contribution in [0.25, 0.3) is 11.5 Å². The van der Waals surface area contributed by atoms with Gasteiger partial charge in [-0.1, -0.05) is 0 Å². The van der Waals surface area contributed by atoms with E-state index in [1.165, 1.54) is 10.8 Å². The molecule has 3 aromatic rings. The third-order valence-corrected chi connectivity index (χ3v) is 3.09. The van der Waals surface area contributed by atoms with Crippen molar-refractivity contribution in [3.63, 3.8) is 0 Å². The topological polar surface area (TPSA) is 48.0 Å². The first-order chi connectivity index (χ1) is 7.86. The van der Waals surface area contributed by atoms with Gasteiger partial charge in [-0.05, 0) is 22.9 Å². The van der Waals surface area contributed by atoms with Crippen LogP contribution in [0.5, 0.6) is 0 Å². The molecule has 0 saturated carbocycles. The molecule has 0 radical (unpaired) electrons. The molecule has 0 aliphatic rings. The number of nitrogens with zero attached hydrogens (tertiary/aromatic N) is 5. The Balaban J connectivity index is 2.15. The lowest BCUT2D eigenvalue weighted by Gasteiger charge is -2.00. The highest BCUT2D eigenvalue weighted by atomic mass is 33.1. The smallest absolute Gasteiger partial charge is 0.158 e. The van der Waals surface area contributed by atoms with E-state index in [1.54, 1.807) is 17.0 Å². The number of thiol groups is 1. The van der Waals surface area contributed by atoms with Gasteiger partial charge < -0.3 is 0 Å². The molecule has 5 nitrogen and oxygen atoms in total. The molecule has 80 valence electrons. The van der Waals surface area contributed by atoms with Gasteiger partial charge in [-0.15, -0.1) is 16.8 Å². The zero-order chi connectivity index (χ0) is 11.0. The van der Waals surface area contributed by atoms with Crippen LogP contribution in [0.2, 0.25) is 0 Å². The van der Waals surface area contributed by atoms with E-state index in [4.69, 9.17) is 0 Å². The Hall–Kier alpha value is -1.47. The van der Waals surface area contributed by atoms with Crippen molar-refractivity contribution < 1.29 is 0 Å². The van der Waals surface area contributed by atoms with Gasteiger partial charge in [0.25, 0.3) is 0 Å². The molecule has 3 rings (SSSR count). The molecular weight excluding hydrogens is 242 g/mol. The van der Waals surface area contributed by atoms with E-state index in [9.17, 15) is 0 Å². The second kappa shape index (κ2) is 3.84. The van der Waals surface area contributed by atoms with Crippen molar-refractivity contribution in [1.82, 2.24) is 24.1 Å². The van der Waals surface area contributed by atoms with Gasteiger partial charge in [0, 0.05) is 12.4 Å². The molecule has 3 heterocycles. The van der Waals surface area contributed by atoms with Crippen LogP contribution in [0.15, 0.2) is 42.1 Å². The van der Waals surface area contributed by atoms with Crippen molar-refractivity contribution in [3.8, 4) is 5.82 Å². The van der Waals surface area contributed by atoms with Crippen LogP contribution in [0, 0.1) is 0 Å². The molecule has 0 aliphatic heterocycles. The Labute approximate surface area is 100 Å². The Morgan fingerprint density at radius 1 is 1.31 bits per heavy atom. The Morgan fingerprint density at radius 3 is 3.00 bits per heavy atom. The van der Waals surface area contributed by atoms with Crippen LogP contribution in [-0.2, 0) is 0 Å². The molecular formula is C9H7N5S2. The molecule has 0 unspecified atom stereocenters. The van der Waals surface area contributed by atoms with Crippen molar-refractivity contribution in [1.29, 1.82) is 0 Å². The van der Waals surface area contributed by atoms with Crippen molar-refractivity contribution >= 4 is 28.1 Å². The summed E-state index contributed by atoms with van der Waals surface area (Å²) in [4.78, 5) is 8.30. The highest BCUT2D eigenvalue weighted by Crippen LogP contribution is 2.20. The predicted octanol–water partition coefficient (Wildman–Crippen LogP) is 1.85. The minimum atomic E-state index is 0.804. The molecule has 0 N–H and O–H groups in total. The van der Waals surface area contributed by atoms with Gasteiger partial charge in [-0.25, -0.2) is 14.5 Å². The fraction of sp³-hybridized carbons (Fsp3) is 0. The van der Waals surface area contributed by atoms with E-state index in [0.717, 1.165) is 16.5 Å². The maximum Gasteiger partial charge on any atom is 0.158 e. The van der Waals surface area contributed by atoms with Crippen molar-refractivity contribution in [2.45, 2.75) is 5.03 Å². The van der Waals surface area contributed by atoms with Gasteiger partial charge in [0.05, 0.1) is 6.20 Å². The molecule has 3 aromatic heterocycles. The second-order valence-corrected chi connectivity index (χ2v) is 4.28. The average Bonchev–Trinajstić information content (AvgIpc) is 2.96. The number of rotatable bonds is 2. The molecule has 0 aromatic carbocycles. The number of hydrogen-bond donors (Lipinski definition) is 1. The largest absolute Gasteiger partial charge is 0.289 e. The number of aromatic nitrogens is 5. The zero-order valence-corrected chi connectivity index (χ0v) is 9.77. The Kier molecular flexibility index (Phi) is 2.33. The van der Waals surface area contributed by atoms with Gasteiger partial charge in [-0.2, -0.15) is 0 Å². The second-order valence-electron chi connectivity index (χ2n) is 3.13. The monoisotopic (exact) mass is 249 g/mol. The molecule has 0 aliphatic carbocycles. The number of hydrogen-bond acceptors (Lipinski definition) is 5. The Morgan fingerprint density at radius 2 is 2.25 bits per heavy atom. The summed E-state index contributed by atoms with van der Waals surface area (Å²) in [5.41, 5.74) is 0.806. The molecule has 16 heavy (non-hydrogen) atoms. The summed E-state index contributed by atoms with van der Waals surface area (Å²) >= 11 is 4.10. The number of fused-ring (bicyclic) bond motifs is 1. The molecule has 0 bridgehead atoms. The van der Waals surface area contributed by atoms with E-state index in [0.29, 0.717) is 0 Å². The molecule has 0 fully saturated rings. The number of imidazole rings is 2. The average molecular weight is 249 g/mol. The molecule has 0 saturated heterocycles. The highest BCUT2D eigenvalue weighted by Gasteiger charge is 2.03. The normalized spacial score (nSPS) is 11.1. The first-order valence-corrected chi connectivity index (χ1v) is 6.40. The third kappa shape index (κ3) is 1.57. The predicted molar refractivity (Wildman–Crippen MR) is 65.0 cm³/mol. The van der Waals surface area contributed by atoms with Crippen LogP contribution in [-0.4, -0.2) is 24.1 Å². The fourth-order valence-corrected chi connectivity index (χ4v) is 1.97. The summed E-state index contributed by atoms with van der Waals surface area (Å²) in [7, 11) is 1.30. The molecule has 0 atom stereocenters. The van der Waals surface area contributed by atoms with Crippen LogP contribution in [0.4, 0.5) is 0 Å². The maximum absolute atomic E-state index is 4.42. The van der Waals surface area contributed by atoms with Gasteiger partial charge in [0.15, 0.2) is 11.5 Å². The van der Waals surface area contributed by atoms with Gasteiger partial charge >= 0.3 is 0 Å². The minimum absolute atomic E-state index is 0.804. The van der Waals surface area contributed by atoms with E-state index in [-0.39, 0.29) is 0 Å². The van der Waals surface area contributed by atoms with Gasteiger partial charge in [-0.3, -0.25) is 4.57 Å². The third-order valence-electron chi connectivity index (χ3n) is 2.15. The first kappa shape index (κ1) is 9.73. The van der Waals surface area contributed by atoms with Crippen LogP contribution in [0.3, 0.4) is 0 Å². The van der Waals surface area contributed by atoms with E-state index >= 15 is 0 Å². The summed E-state index contributed by atoms with van der Waals surface area (Å²) in [5, 5.41) is 5.25. The quantitative estimate of drug-likeness (QED) is 0.556. The van der Waals surface area contributed by atoms with Gasteiger partial charge in [0.2, 0.25) is 0 Å². The zero-order valence-electron chi connectivity index (χ0n) is 8.06. The van der Waals surface area contributed by atoms with Crippen LogP contribution in [0.1, 0.15) is 0 Å². The molecule has 0 spiro atoms. The fourth-order valence-electron chi connectivity index (χ4n) is 1.43. The summed E-state index contributed by atoms with van der Waals surface area (Å²) in [6.45, 7) is 0. The lowest BCUT2D eigenvalue weighted by Crippen LogP contribution is -1.99. The van der Waals surface area contributed by atoms with Crippen molar-refractivity contribution in [2.75, 3.05) is 0 Å². The lowest BCUT2D eigenvalue weighted by molar-refractivity contribution is 0.862. The summed E-state index contributed by atoms with van der Waals surface area (Å²) in [6, 6.07) is 3.81. The lowest BCUT2D eigenvalue weighted by atomic mass is 10.5. The van der Waals surface area contributed by atoms with Crippen molar-refractivity contribution in [2.24, 2.45) is 0 Å². The van der Waals surface area contributed by atoms with Gasteiger partial charge in [0.1, 0.15) is 11.4 Å². The first-order valence-electron chi connectivity index (χ1n) is 4.53. The SMILES string of the molecule is SSc1cn2nc(-n3ccnc3)ccc2n1. The van der Waals surface area contributed by atoms with Crippen LogP contribution < -0.4 is 0 Å². The minimum Gasteiger partial charge on any atom is -0.289 e. The van der Waals surface area contributed by atoms with Crippen LogP contribution >= 0.6 is 22.5 Å². The van der Waals surface area contributed by atoms with E-state index < -0.39 is 0 Å². The molecule has 7 heteroatoms. The highest BCUT2D eigenvalue weighted by molar-refractivity contribution is 8.68. The summed E-state index contributed by atoms with van der Waals surface area (Å²) < 4.78 is 3.57. The summed E-state index contributed by atoms with van der Waals surface area (Å²) in [6.07, 6.45) is 7.11. The standard InChI is InChI=1S/C9H7N5S2/c15-16-9-5-14-7(11-9)1-2-8(12-14)13-4-3-10-6-13/h1-6,15H. The summed E-state index contributed by atoms with van der Waals surface area (Å²) in [5.74, 6) is 0.804. The van der Waals surface area contributed by atoms with E-state index in [2.05, 4.69) is 26.7 Å². The van der Waals surface area contributed by atoms with E-state index in [1.807, 2.05) is 29.1 Å². The Bertz CT molecular complexity index is 616.